The fourth-order valence-corrected chi connectivity index (χ4v) is 7.34. The fourth-order valence-electron chi connectivity index (χ4n) is 7.34. The van der Waals surface area contributed by atoms with E-state index in [1.807, 2.05) is 12.1 Å². The Balaban J connectivity index is 1.26. The molecule has 2 fully saturated rings. The van der Waals surface area contributed by atoms with Crippen molar-refractivity contribution in [3.05, 3.63) is 29.3 Å². The topological polar surface area (TPSA) is 46.5 Å². The first-order valence-electron chi connectivity index (χ1n) is 13.5. The third-order valence-corrected chi connectivity index (χ3v) is 9.13. The summed E-state index contributed by atoms with van der Waals surface area (Å²) in [6.45, 7) is 4.66. The van der Waals surface area contributed by atoms with Crippen LogP contribution in [0, 0.1) is 17.3 Å². The van der Waals surface area contributed by atoms with Gasteiger partial charge in [-0.1, -0.05) is 64.9 Å². The second-order valence-electron chi connectivity index (χ2n) is 11.1. The number of rotatable bonds is 10. The molecule has 0 radical (unpaired) electrons. The van der Waals surface area contributed by atoms with Crippen molar-refractivity contribution in [2.45, 2.75) is 122 Å². The van der Waals surface area contributed by atoms with Crippen molar-refractivity contribution >= 4 is 5.97 Å². The van der Waals surface area contributed by atoms with Crippen LogP contribution in [0.2, 0.25) is 0 Å². The minimum Gasteiger partial charge on any atom is -0.508 e. The first-order valence-corrected chi connectivity index (χ1v) is 13.5. The van der Waals surface area contributed by atoms with Crippen molar-refractivity contribution < 1.29 is 14.6 Å². The minimum atomic E-state index is 0.0365. The molecule has 2 saturated carbocycles. The molecule has 1 aromatic carbocycles. The number of aromatic hydroxyl groups is 1. The van der Waals surface area contributed by atoms with Gasteiger partial charge in [0.15, 0.2) is 0 Å². The molecule has 1 aromatic rings. The first kappa shape index (κ1) is 23.6. The quantitative estimate of drug-likeness (QED) is 0.299. The molecule has 0 saturated heterocycles. The zero-order chi connectivity index (χ0) is 22.6. The van der Waals surface area contributed by atoms with Gasteiger partial charge in [0.05, 0.1) is 0 Å². The Bertz CT molecular complexity index is 772. The average Bonchev–Trinajstić information content (AvgIpc) is 3.11. The normalized spacial score (nSPS) is 30.9. The van der Waals surface area contributed by atoms with E-state index in [0.29, 0.717) is 29.9 Å². The summed E-state index contributed by atoms with van der Waals surface area (Å²) in [6, 6.07) is 6.00. The van der Waals surface area contributed by atoms with Crippen molar-refractivity contribution in [2.24, 2.45) is 17.3 Å². The predicted molar refractivity (Wildman–Crippen MR) is 130 cm³/mol. The molecule has 0 amide bonds. The summed E-state index contributed by atoms with van der Waals surface area (Å²) in [6.07, 6.45) is 17.6. The lowest BCUT2D eigenvalue weighted by Gasteiger charge is -2.50. The van der Waals surface area contributed by atoms with Crippen LogP contribution in [0.25, 0.3) is 0 Å². The van der Waals surface area contributed by atoms with E-state index in [2.05, 4.69) is 19.9 Å². The zero-order valence-electron chi connectivity index (χ0n) is 20.4. The molecular weight excluding hydrogens is 396 g/mol. The number of fused-ring (bicyclic) bond motifs is 5. The highest BCUT2D eigenvalue weighted by atomic mass is 16.5. The van der Waals surface area contributed by atoms with Crippen molar-refractivity contribution in [2.75, 3.05) is 0 Å². The third-order valence-electron chi connectivity index (χ3n) is 9.13. The van der Waals surface area contributed by atoms with Crippen molar-refractivity contribution in [1.29, 1.82) is 0 Å². The molecule has 3 nitrogen and oxygen atoms in total. The van der Waals surface area contributed by atoms with E-state index in [1.165, 1.54) is 68.9 Å². The van der Waals surface area contributed by atoms with Crippen LogP contribution >= 0.6 is 0 Å². The van der Waals surface area contributed by atoms with Crippen molar-refractivity contribution in [1.82, 2.24) is 0 Å². The summed E-state index contributed by atoms with van der Waals surface area (Å²) in [5.41, 5.74) is 2.96. The largest absolute Gasteiger partial charge is 0.508 e. The van der Waals surface area contributed by atoms with Gasteiger partial charge in [0.25, 0.3) is 0 Å². The summed E-state index contributed by atoms with van der Waals surface area (Å²) in [5.74, 6) is 2.40. The Hall–Kier alpha value is -1.51. The van der Waals surface area contributed by atoms with Gasteiger partial charge < -0.3 is 9.84 Å². The lowest BCUT2D eigenvalue weighted by atomic mass is 9.55. The molecule has 5 atom stereocenters. The van der Waals surface area contributed by atoms with Crippen LogP contribution < -0.4 is 0 Å². The smallest absolute Gasteiger partial charge is 0.306 e. The fraction of sp³-hybridized carbons (Fsp3) is 0.759. The molecule has 4 rings (SSSR count). The Kier molecular flexibility index (Phi) is 7.84. The lowest BCUT2D eigenvalue weighted by Crippen LogP contribution is -2.45. The van der Waals surface area contributed by atoms with Crippen LogP contribution in [-0.4, -0.2) is 17.2 Å². The Morgan fingerprint density at radius 2 is 1.78 bits per heavy atom. The Labute approximate surface area is 195 Å². The summed E-state index contributed by atoms with van der Waals surface area (Å²) >= 11 is 0. The molecular formula is C29H44O3. The second kappa shape index (κ2) is 10.6. The van der Waals surface area contributed by atoms with Gasteiger partial charge in [0, 0.05) is 11.8 Å². The predicted octanol–water partition coefficient (Wildman–Crippen LogP) is 7.69. The molecule has 0 bridgehead atoms. The van der Waals surface area contributed by atoms with Gasteiger partial charge in [0.1, 0.15) is 11.9 Å². The van der Waals surface area contributed by atoms with Gasteiger partial charge in [0.2, 0.25) is 0 Å². The van der Waals surface area contributed by atoms with Gasteiger partial charge in [-0.15, -0.1) is 0 Å². The maximum absolute atomic E-state index is 12.6. The van der Waals surface area contributed by atoms with Gasteiger partial charge in [-0.05, 0) is 86.0 Å². The zero-order valence-corrected chi connectivity index (χ0v) is 20.4. The number of unbranched alkanes of at least 4 members (excludes halogenated alkanes) is 7. The molecule has 3 heteroatoms. The Morgan fingerprint density at radius 3 is 2.56 bits per heavy atom. The highest BCUT2D eigenvalue weighted by molar-refractivity contribution is 5.69. The summed E-state index contributed by atoms with van der Waals surface area (Å²) < 4.78 is 6.14. The highest BCUT2D eigenvalue weighted by Crippen LogP contribution is 2.61. The van der Waals surface area contributed by atoms with E-state index in [0.717, 1.165) is 32.1 Å². The van der Waals surface area contributed by atoms with Crippen LogP contribution in [0.1, 0.15) is 121 Å². The molecule has 1 N–H and O–H groups in total. The maximum atomic E-state index is 12.6. The number of carbonyl (C=O) groups excluding carboxylic acids is 1. The monoisotopic (exact) mass is 440 g/mol. The van der Waals surface area contributed by atoms with Gasteiger partial charge in [-0.2, -0.15) is 0 Å². The molecule has 0 aromatic heterocycles. The molecule has 0 aliphatic heterocycles. The van der Waals surface area contributed by atoms with E-state index in [9.17, 15) is 9.90 Å². The number of benzene rings is 1. The molecule has 0 spiro atoms. The SMILES string of the molecule is CCCCCCCCCCC(=O)O[C@H]1CC[C@H]2[C@H]3CCc4cc(O)ccc4[C@@H]3CC[C@]12C. The lowest BCUT2D eigenvalue weighted by molar-refractivity contribution is -0.157. The third kappa shape index (κ3) is 5.02. The van der Waals surface area contributed by atoms with Crippen LogP contribution in [0.15, 0.2) is 18.2 Å². The minimum absolute atomic E-state index is 0.0365. The van der Waals surface area contributed by atoms with Crippen LogP contribution in [-0.2, 0) is 16.0 Å². The number of ether oxygens (including phenoxy) is 1. The maximum Gasteiger partial charge on any atom is 0.306 e. The number of hydrogen-bond donors (Lipinski definition) is 1. The van der Waals surface area contributed by atoms with Crippen LogP contribution in [0.3, 0.4) is 0 Å². The molecule has 178 valence electrons. The van der Waals surface area contributed by atoms with Crippen LogP contribution in [0.4, 0.5) is 0 Å². The average molecular weight is 441 g/mol. The van der Waals surface area contributed by atoms with Gasteiger partial charge >= 0.3 is 5.97 Å². The van der Waals surface area contributed by atoms with E-state index < -0.39 is 0 Å². The van der Waals surface area contributed by atoms with Crippen LogP contribution in [0.5, 0.6) is 5.75 Å². The molecule has 3 aliphatic carbocycles. The first-order chi connectivity index (χ1) is 15.5. The van der Waals surface area contributed by atoms with Crippen molar-refractivity contribution in [3.63, 3.8) is 0 Å². The van der Waals surface area contributed by atoms with E-state index in [-0.39, 0.29) is 17.5 Å². The van der Waals surface area contributed by atoms with E-state index in [4.69, 9.17) is 4.74 Å². The molecule has 0 heterocycles. The summed E-state index contributed by atoms with van der Waals surface area (Å²) in [5, 5.41) is 9.88. The van der Waals surface area contributed by atoms with Gasteiger partial charge in [-0.3, -0.25) is 4.79 Å². The molecule has 0 unspecified atom stereocenters. The number of aryl methyl sites for hydroxylation is 1. The second-order valence-corrected chi connectivity index (χ2v) is 11.1. The number of esters is 1. The Morgan fingerprint density at radius 1 is 1.03 bits per heavy atom. The molecule has 3 aliphatic rings. The number of phenolic OH excluding ortho intramolecular Hbond substituents is 1. The van der Waals surface area contributed by atoms with E-state index >= 15 is 0 Å². The standard InChI is InChI=1S/C29H44O3/c1-3-4-5-6-7-8-9-10-11-28(31)32-27-17-16-26-25-14-12-21-20-22(30)13-15-23(21)24(25)18-19-29(26,27)2/h13,15,20,24-27,30H,3-12,14,16-19H2,1-2H3/t24-,25-,26-,27-,29-/m0/s1. The number of carbonyl (C=O) groups is 1. The van der Waals surface area contributed by atoms with Gasteiger partial charge in [-0.25, -0.2) is 0 Å². The molecule has 32 heavy (non-hydrogen) atoms. The highest BCUT2D eigenvalue weighted by Gasteiger charge is 2.56. The summed E-state index contributed by atoms with van der Waals surface area (Å²) in [4.78, 5) is 12.6. The summed E-state index contributed by atoms with van der Waals surface area (Å²) in [7, 11) is 0. The van der Waals surface area contributed by atoms with E-state index in [1.54, 1.807) is 0 Å². The number of phenols is 1. The van der Waals surface area contributed by atoms with Crippen molar-refractivity contribution in [3.8, 4) is 5.75 Å². The number of hydrogen-bond acceptors (Lipinski definition) is 3.